The van der Waals surface area contributed by atoms with Gasteiger partial charge in [0.05, 0.1) is 5.39 Å². The number of anilines is 2. The number of hydrogen-bond donors (Lipinski definition) is 3. The Bertz CT molecular complexity index is 552. The van der Waals surface area contributed by atoms with E-state index in [4.69, 9.17) is 5.11 Å². The largest absolute Gasteiger partial charge is 0.396 e. The average molecular weight is 308 g/mol. The van der Waals surface area contributed by atoms with E-state index in [1.54, 1.807) is 11.3 Å². The van der Waals surface area contributed by atoms with Crippen molar-refractivity contribution in [3.8, 4) is 0 Å². The molecule has 0 bridgehead atoms. The van der Waals surface area contributed by atoms with Crippen molar-refractivity contribution in [2.24, 2.45) is 5.92 Å². The molecule has 0 aliphatic carbocycles. The molecule has 1 atom stereocenters. The van der Waals surface area contributed by atoms with Crippen LogP contribution in [0.1, 0.15) is 33.1 Å². The summed E-state index contributed by atoms with van der Waals surface area (Å²) in [6.07, 6.45) is 3.08. The first-order chi connectivity index (χ1) is 10.3. The summed E-state index contributed by atoms with van der Waals surface area (Å²) in [5.41, 5.74) is 0. The fourth-order valence-corrected chi connectivity index (χ4v) is 3.17. The minimum absolute atomic E-state index is 0.243. The zero-order valence-corrected chi connectivity index (χ0v) is 13.5. The van der Waals surface area contributed by atoms with Crippen molar-refractivity contribution < 1.29 is 5.11 Å². The maximum absolute atomic E-state index is 9.15. The minimum atomic E-state index is 0.243. The number of aromatic nitrogens is 2. The molecule has 0 amide bonds. The average Bonchev–Trinajstić information content (AvgIpc) is 2.93. The van der Waals surface area contributed by atoms with E-state index < -0.39 is 0 Å². The Balaban J connectivity index is 2.13. The van der Waals surface area contributed by atoms with Gasteiger partial charge in [0.1, 0.15) is 10.6 Å². The lowest BCUT2D eigenvalue weighted by molar-refractivity contribution is 0.255. The summed E-state index contributed by atoms with van der Waals surface area (Å²) in [6.45, 7) is 6.09. The molecule has 0 saturated carbocycles. The monoisotopic (exact) mass is 308 g/mol. The van der Waals surface area contributed by atoms with Gasteiger partial charge in [0.15, 0.2) is 0 Å². The SMILES string of the molecule is CCCC(CCO)CNc1nc(NCC)nc2sccc12. The lowest BCUT2D eigenvalue weighted by atomic mass is 10.0. The molecule has 6 heteroatoms. The smallest absolute Gasteiger partial charge is 0.226 e. The van der Waals surface area contributed by atoms with E-state index in [0.29, 0.717) is 11.9 Å². The number of aliphatic hydroxyl groups excluding tert-OH is 1. The fourth-order valence-electron chi connectivity index (χ4n) is 2.41. The first kappa shape index (κ1) is 16.0. The van der Waals surface area contributed by atoms with E-state index in [9.17, 15) is 0 Å². The van der Waals surface area contributed by atoms with Gasteiger partial charge >= 0.3 is 0 Å². The highest BCUT2D eigenvalue weighted by atomic mass is 32.1. The summed E-state index contributed by atoms with van der Waals surface area (Å²) < 4.78 is 0. The standard InChI is InChI=1S/C15H24N4OS/c1-3-5-11(6-8-20)10-17-13-12-7-9-21-14(12)19-15(18-13)16-4-2/h7,9,11,20H,3-6,8,10H2,1-2H3,(H2,16,17,18,19). The van der Waals surface area contributed by atoms with Crippen molar-refractivity contribution in [2.45, 2.75) is 33.1 Å². The number of nitrogens with one attached hydrogen (secondary N) is 2. The molecule has 0 spiro atoms. The number of nitrogens with zero attached hydrogens (tertiary/aromatic N) is 2. The highest BCUT2D eigenvalue weighted by molar-refractivity contribution is 7.16. The Kier molecular flexibility index (Phi) is 6.20. The van der Waals surface area contributed by atoms with Crippen molar-refractivity contribution >= 4 is 33.3 Å². The van der Waals surface area contributed by atoms with Crippen molar-refractivity contribution in [2.75, 3.05) is 30.3 Å². The Morgan fingerprint density at radius 1 is 1.24 bits per heavy atom. The van der Waals surface area contributed by atoms with Crippen LogP contribution in [0.2, 0.25) is 0 Å². The minimum Gasteiger partial charge on any atom is -0.396 e. The Labute approximate surface area is 129 Å². The molecule has 0 aliphatic heterocycles. The van der Waals surface area contributed by atoms with E-state index in [1.165, 1.54) is 0 Å². The summed E-state index contributed by atoms with van der Waals surface area (Å²) in [7, 11) is 0. The Morgan fingerprint density at radius 2 is 2.10 bits per heavy atom. The molecule has 0 aliphatic rings. The highest BCUT2D eigenvalue weighted by Crippen LogP contribution is 2.27. The Hall–Kier alpha value is -1.40. The molecule has 2 rings (SSSR count). The molecule has 2 aromatic heterocycles. The first-order valence-corrected chi connectivity index (χ1v) is 8.50. The molecule has 1 unspecified atom stereocenters. The number of fused-ring (bicyclic) bond motifs is 1. The van der Waals surface area contributed by atoms with Crippen LogP contribution in [0, 0.1) is 5.92 Å². The van der Waals surface area contributed by atoms with E-state index >= 15 is 0 Å². The van der Waals surface area contributed by atoms with Crippen molar-refractivity contribution in [1.29, 1.82) is 0 Å². The molecule has 2 heterocycles. The summed E-state index contributed by atoms with van der Waals surface area (Å²) in [5.74, 6) is 2.03. The highest BCUT2D eigenvalue weighted by Gasteiger charge is 2.11. The summed E-state index contributed by atoms with van der Waals surface area (Å²) in [6, 6.07) is 2.05. The molecule has 116 valence electrons. The van der Waals surface area contributed by atoms with Crippen LogP contribution < -0.4 is 10.6 Å². The van der Waals surface area contributed by atoms with Gasteiger partial charge in [0.25, 0.3) is 0 Å². The zero-order chi connectivity index (χ0) is 15.1. The quantitative estimate of drug-likeness (QED) is 0.663. The molecule has 0 aromatic carbocycles. The van der Waals surface area contributed by atoms with Crippen LogP contribution in [-0.4, -0.2) is 34.8 Å². The maximum Gasteiger partial charge on any atom is 0.226 e. The van der Waals surface area contributed by atoms with Crippen LogP contribution in [-0.2, 0) is 0 Å². The molecule has 0 saturated heterocycles. The van der Waals surface area contributed by atoms with Crippen molar-refractivity contribution in [3.63, 3.8) is 0 Å². The number of rotatable bonds is 9. The number of aliphatic hydroxyl groups is 1. The number of hydrogen-bond acceptors (Lipinski definition) is 6. The molecular weight excluding hydrogens is 284 g/mol. The van der Waals surface area contributed by atoms with Gasteiger partial charge in [-0.2, -0.15) is 4.98 Å². The Morgan fingerprint density at radius 3 is 2.81 bits per heavy atom. The lowest BCUT2D eigenvalue weighted by Gasteiger charge is -2.17. The number of thiophene rings is 1. The molecule has 0 fully saturated rings. The third kappa shape index (κ3) is 4.28. The van der Waals surface area contributed by atoms with Gasteiger partial charge in [0.2, 0.25) is 5.95 Å². The summed E-state index contributed by atoms with van der Waals surface area (Å²) >= 11 is 1.63. The zero-order valence-electron chi connectivity index (χ0n) is 12.7. The van der Waals surface area contributed by atoms with Gasteiger partial charge in [-0.05, 0) is 37.1 Å². The molecule has 0 radical (unpaired) electrons. The van der Waals surface area contributed by atoms with Crippen molar-refractivity contribution in [1.82, 2.24) is 9.97 Å². The normalized spacial score (nSPS) is 12.5. The molecule has 21 heavy (non-hydrogen) atoms. The topological polar surface area (TPSA) is 70.1 Å². The summed E-state index contributed by atoms with van der Waals surface area (Å²) in [5, 5.41) is 18.9. The van der Waals surface area contributed by atoms with Crippen LogP contribution in [0.5, 0.6) is 0 Å². The molecule has 5 nitrogen and oxygen atoms in total. The van der Waals surface area contributed by atoms with Crippen LogP contribution in [0.25, 0.3) is 10.2 Å². The van der Waals surface area contributed by atoms with Crippen LogP contribution in [0.4, 0.5) is 11.8 Å². The van der Waals surface area contributed by atoms with Gasteiger partial charge in [-0.15, -0.1) is 11.3 Å². The predicted octanol–water partition coefficient (Wildman–Crippen LogP) is 3.33. The maximum atomic E-state index is 9.15. The molecule has 3 N–H and O–H groups in total. The van der Waals surface area contributed by atoms with E-state index in [2.05, 4.69) is 33.6 Å². The third-order valence-electron chi connectivity index (χ3n) is 3.45. The van der Waals surface area contributed by atoms with E-state index in [0.717, 1.165) is 48.4 Å². The van der Waals surface area contributed by atoms with Crippen LogP contribution >= 0.6 is 11.3 Å². The van der Waals surface area contributed by atoms with E-state index in [-0.39, 0.29) is 6.61 Å². The van der Waals surface area contributed by atoms with Crippen LogP contribution in [0.15, 0.2) is 11.4 Å². The van der Waals surface area contributed by atoms with Gasteiger partial charge in [-0.3, -0.25) is 0 Å². The van der Waals surface area contributed by atoms with Gasteiger partial charge in [-0.25, -0.2) is 4.98 Å². The second-order valence-electron chi connectivity index (χ2n) is 5.11. The fraction of sp³-hybridized carbons (Fsp3) is 0.600. The molecular formula is C15H24N4OS. The van der Waals surface area contributed by atoms with Gasteiger partial charge in [0, 0.05) is 19.7 Å². The second kappa shape index (κ2) is 8.14. The van der Waals surface area contributed by atoms with E-state index in [1.807, 2.05) is 12.3 Å². The van der Waals surface area contributed by atoms with Gasteiger partial charge < -0.3 is 15.7 Å². The van der Waals surface area contributed by atoms with Crippen molar-refractivity contribution in [3.05, 3.63) is 11.4 Å². The van der Waals surface area contributed by atoms with Gasteiger partial charge in [-0.1, -0.05) is 13.3 Å². The van der Waals surface area contributed by atoms with Crippen LogP contribution in [0.3, 0.4) is 0 Å². The lowest BCUT2D eigenvalue weighted by Crippen LogP contribution is -2.17. The molecule has 2 aromatic rings. The third-order valence-corrected chi connectivity index (χ3v) is 4.26. The summed E-state index contributed by atoms with van der Waals surface area (Å²) in [4.78, 5) is 10.1. The first-order valence-electron chi connectivity index (χ1n) is 7.62. The second-order valence-corrected chi connectivity index (χ2v) is 6.01. The predicted molar refractivity (Wildman–Crippen MR) is 90.2 cm³/mol.